The average Bonchev–Trinajstić information content (AvgIpc) is 3.30. The van der Waals surface area contributed by atoms with Gasteiger partial charge in [0.2, 0.25) is 0 Å². The first-order chi connectivity index (χ1) is 16.3. The van der Waals surface area contributed by atoms with E-state index < -0.39 is 17.5 Å². The van der Waals surface area contributed by atoms with Crippen LogP contribution in [0.2, 0.25) is 15.1 Å². The first kappa shape index (κ1) is 24.0. The van der Waals surface area contributed by atoms with Crippen molar-refractivity contribution >= 4 is 46.4 Å². The smallest absolute Gasteiger partial charge is 0.257 e. The standard InChI is InChI=1S/C22H14Cl3F2N5O2/c1-34-10-11-4-12(26)5-17(24)20(11)15-7-16(23)14(8-19(15)27)22(33)31-13-6-18(25)21(28-9-13)32-29-2-3-30-32/h2-9H,10H2,1H3,(H,31,33). The summed E-state index contributed by atoms with van der Waals surface area (Å²) in [4.78, 5) is 18.1. The summed E-state index contributed by atoms with van der Waals surface area (Å²) in [7, 11) is 1.42. The summed E-state index contributed by atoms with van der Waals surface area (Å²) in [6.07, 6.45) is 4.27. The maximum atomic E-state index is 15.1. The van der Waals surface area contributed by atoms with E-state index >= 15 is 4.39 Å². The number of carbonyl (C=O) groups is 1. The van der Waals surface area contributed by atoms with Gasteiger partial charge >= 0.3 is 0 Å². The number of aromatic nitrogens is 4. The van der Waals surface area contributed by atoms with Gasteiger partial charge in [0, 0.05) is 18.2 Å². The van der Waals surface area contributed by atoms with Gasteiger partial charge < -0.3 is 10.1 Å². The zero-order chi connectivity index (χ0) is 24.4. The number of hydrogen-bond acceptors (Lipinski definition) is 5. The SMILES string of the molecule is COCc1cc(F)cc(Cl)c1-c1cc(Cl)c(C(=O)Nc2cnc(-n3nccn3)c(Cl)c2)cc1F. The van der Waals surface area contributed by atoms with E-state index in [4.69, 9.17) is 39.5 Å². The van der Waals surface area contributed by atoms with E-state index in [1.165, 1.54) is 48.7 Å². The third kappa shape index (κ3) is 4.88. The largest absolute Gasteiger partial charge is 0.380 e. The van der Waals surface area contributed by atoms with Gasteiger partial charge in [-0.25, -0.2) is 13.8 Å². The summed E-state index contributed by atoms with van der Waals surface area (Å²) < 4.78 is 34.0. The number of ether oxygens (including phenoxy) is 1. The average molecular weight is 525 g/mol. The number of halogens is 5. The Morgan fingerprint density at radius 3 is 2.44 bits per heavy atom. The molecule has 0 aliphatic carbocycles. The predicted molar refractivity (Wildman–Crippen MR) is 125 cm³/mol. The summed E-state index contributed by atoms with van der Waals surface area (Å²) in [5.74, 6) is -1.80. The molecule has 7 nitrogen and oxygen atoms in total. The highest BCUT2D eigenvalue weighted by molar-refractivity contribution is 6.36. The van der Waals surface area contributed by atoms with Gasteiger partial charge in [0.05, 0.1) is 51.5 Å². The molecular formula is C22H14Cl3F2N5O2. The third-order valence-electron chi connectivity index (χ3n) is 4.70. The Morgan fingerprint density at radius 1 is 1.03 bits per heavy atom. The molecule has 0 saturated carbocycles. The molecule has 2 aromatic heterocycles. The third-order valence-corrected chi connectivity index (χ3v) is 5.58. The van der Waals surface area contributed by atoms with Gasteiger partial charge in [-0.1, -0.05) is 34.8 Å². The summed E-state index contributed by atoms with van der Waals surface area (Å²) in [5.41, 5.74) is 0.653. The van der Waals surface area contributed by atoms with Gasteiger partial charge in [0.1, 0.15) is 11.6 Å². The summed E-state index contributed by atoms with van der Waals surface area (Å²) >= 11 is 18.7. The highest BCUT2D eigenvalue weighted by Gasteiger charge is 2.21. The molecule has 1 N–H and O–H groups in total. The molecule has 0 radical (unpaired) electrons. The van der Waals surface area contributed by atoms with Gasteiger partial charge in [0.25, 0.3) is 5.91 Å². The number of hydrogen-bond donors (Lipinski definition) is 1. The number of nitrogens with one attached hydrogen (secondary N) is 1. The minimum Gasteiger partial charge on any atom is -0.380 e. The van der Waals surface area contributed by atoms with Crippen molar-refractivity contribution in [2.24, 2.45) is 0 Å². The highest BCUT2D eigenvalue weighted by atomic mass is 35.5. The fraction of sp³-hybridized carbons (Fsp3) is 0.0909. The lowest BCUT2D eigenvalue weighted by atomic mass is 9.97. The number of rotatable bonds is 6. The molecule has 1 amide bonds. The second kappa shape index (κ2) is 10.0. The zero-order valence-electron chi connectivity index (χ0n) is 17.3. The van der Waals surface area contributed by atoms with Crippen LogP contribution in [0.4, 0.5) is 14.5 Å². The number of nitrogens with zero attached hydrogens (tertiary/aromatic N) is 4. The van der Waals surface area contributed by atoms with Crippen LogP contribution in [0.1, 0.15) is 15.9 Å². The van der Waals surface area contributed by atoms with Crippen molar-refractivity contribution in [3.8, 4) is 16.9 Å². The Labute approximate surface area is 207 Å². The molecule has 174 valence electrons. The zero-order valence-corrected chi connectivity index (χ0v) is 19.6. The van der Waals surface area contributed by atoms with Crippen LogP contribution in [0.15, 0.2) is 48.9 Å². The second-order valence-corrected chi connectivity index (χ2v) is 8.19. The molecule has 0 atom stereocenters. The van der Waals surface area contributed by atoms with Gasteiger partial charge in [0.15, 0.2) is 5.82 Å². The molecule has 0 fully saturated rings. The van der Waals surface area contributed by atoms with E-state index in [2.05, 4.69) is 20.5 Å². The monoisotopic (exact) mass is 523 g/mol. The molecule has 4 rings (SSSR count). The maximum Gasteiger partial charge on any atom is 0.257 e. The fourth-order valence-corrected chi connectivity index (χ4v) is 4.10. The molecule has 2 heterocycles. The molecule has 0 unspecified atom stereocenters. The lowest BCUT2D eigenvalue weighted by Gasteiger charge is -2.15. The Bertz CT molecular complexity index is 1380. The molecule has 12 heteroatoms. The van der Waals surface area contributed by atoms with E-state index in [1.807, 2.05) is 0 Å². The Kier molecular flexibility index (Phi) is 7.08. The van der Waals surface area contributed by atoms with Crippen molar-refractivity contribution < 1.29 is 18.3 Å². The van der Waals surface area contributed by atoms with Crippen LogP contribution in [-0.4, -0.2) is 33.0 Å². The molecule has 0 bridgehead atoms. The molecular weight excluding hydrogens is 511 g/mol. The van der Waals surface area contributed by atoms with Crippen molar-refractivity contribution in [3.05, 3.63) is 86.8 Å². The van der Waals surface area contributed by atoms with Crippen LogP contribution < -0.4 is 5.32 Å². The van der Waals surface area contributed by atoms with Gasteiger partial charge in [-0.3, -0.25) is 4.79 Å². The van der Waals surface area contributed by atoms with Gasteiger partial charge in [-0.15, -0.1) is 4.80 Å². The van der Waals surface area contributed by atoms with Crippen LogP contribution in [0.25, 0.3) is 16.9 Å². The minimum absolute atomic E-state index is 0.000568. The molecule has 4 aromatic rings. The second-order valence-electron chi connectivity index (χ2n) is 6.97. The predicted octanol–water partition coefficient (Wildman–Crippen LogP) is 5.97. The van der Waals surface area contributed by atoms with Crippen molar-refractivity contribution in [1.82, 2.24) is 20.0 Å². The molecule has 0 aliphatic rings. The van der Waals surface area contributed by atoms with E-state index in [0.717, 1.165) is 12.1 Å². The first-order valence-corrected chi connectivity index (χ1v) is 10.7. The van der Waals surface area contributed by atoms with Crippen molar-refractivity contribution in [2.75, 3.05) is 12.4 Å². The summed E-state index contributed by atoms with van der Waals surface area (Å²) in [5, 5.41) is 10.6. The molecule has 0 saturated heterocycles. The highest BCUT2D eigenvalue weighted by Crippen LogP contribution is 2.37. The van der Waals surface area contributed by atoms with Crippen LogP contribution in [0.5, 0.6) is 0 Å². The van der Waals surface area contributed by atoms with Crippen molar-refractivity contribution in [2.45, 2.75) is 6.61 Å². The van der Waals surface area contributed by atoms with Crippen molar-refractivity contribution in [1.29, 1.82) is 0 Å². The van der Waals surface area contributed by atoms with Crippen LogP contribution >= 0.6 is 34.8 Å². The number of carbonyl (C=O) groups excluding carboxylic acids is 1. The first-order valence-electron chi connectivity index (χ1n) is 9.58. The molecule has 34 heavy (non-hydrogen) atoms. The number of benzene rings is 2. The molecule has 0 spiro atoms. The Balaban J connectivity index is 1.64. The van der Waals surface area contributed by atoms with Crippen LogP contribution in [-0.2, 0) is 11.3 Å². The van der Waals surface area contributed by atoms with Gasteiger partial charge in [-0.2, -0.15) is 10.2 Å². The van der Waals surface area contributed by atoms with E-state index in [1.54, 1.807) is 0 Å². The normalized spacial score (nSPS) is 11.0. The topological polar surface area (TPSA) is 81.9 Å². The summed E-state index contributed by atoms with van der Waals surface area (Å²) in [6, 6.07) is 5.92. The fourth-order valence-electron chi connectivity index (χ4n) is 3.28. The number of anilines is 1. The number of amides is 1. The van der Waals surface area contributed by atoms with Crippen LogP contribution in [0, 0.1) is 11.6 Å². The van der Waals surface area contributed by atoms with Gasteiger partial charge in [-0.05, 0) is 35.9 Å². The van der Waals surface area contributed by atoms with E-state index in [0.29, 0.717) is 5.56 Å². The lowest BCUT2D eigenvalue weighted by molar-refractivity contribution is 0.102. The summed E-state index contributed by atoms with van der Waals surface area (Å²) in [6.45, 7) is -0.0100. The Morgan fingerprint density at radius 2 is 1.76 bits per heavy atom. The number of pyridine rings is 1. The molecule has 2 aromatic carbocycles. The van der Waals surface area contributed by atoms with E-state index in [9.17, 15) is 9.18 Å². The minimum atomic E-state index is -0.781. The molecule has 0 aliphatic heterocycles. The maximum absolute atomic E-state index is 15.1. The lowest BCUT2D eigenvalue weighted by Crippen LogP contribution is -2.14. The quantitative estimate of drug-likeness (QED) is 0.336. The Hall–Kier alpha value is -3.11. The number of methoxy groups -OCH3 is 1. The van der Waals surface area contributed by atoms with Crippen molar-refractivity contribution in [3.63, 3.8) is 0 Å². The van der Waals surface area contributed by atoms with Crippen LogP contribution in [0.3, 0.4) is 0 Å². The van der Waals surface area contributed by atoms with E-state index in [-0.39, 0.29) is 49.9 Å².